The molecule has 0 aromatic carbocycles. The number of hydrogen-bond donors (Lipinski definition) is 2. The first kappa shape index (κ1) is 15.8. The van der Waals surface area contributed by atoms with Crippen LogP contribution in [-0.2, 0) is 0 Å². The fourth-order valence-electron chi connectivity index (χ4n) is 3.15. The van der Waals surface area contributed by atoms with Crippen molar-refractivity contribution in [1.29, 1.82) is 0 Å². The predicted octanol–water partition coefficient (Wildman–Crippen LogP) is 2.50. The van der Waals surface area contributed by atoms with Crippen LogP contribution in [-0.4, -0.2) is 33.0 Å². The Morgan fingerprint density at radius 2 is 2.14 bits per heavy atom. The van der Waals surface area contributed by atoms with E-state index in [0.717, 1.165) is 19.3 Å². The Balaban J connectivity index is 2.20. The summed E-state index contributed by atoms with van der Waals surface area (Å²) in [7, 11) is 0. The molecule has 1 heterocycles. The van der Waals surface area contributed by atoms with E-state index in [2.05, 4.69) is 10.4 Å². The van der Waals surface area contributed by atoms with E-state index in [1.54, 1.807) is 11.6 Å². The Labute approximate surface area is 124 Å². The summed E-state index contributed by atoms with van der Waals surface area (Å²) in [6.07, 6.45) is 3.20. The quantitative estimate of drug-likeness (QED) is 0.621. The fraction of sp³-hybridized carbons (Fsp3) is 0.786. The Hall–Kier alpha value is -1.63. The first-order valence-corrected chi connectivity index (χ1v) is 7.53. The lowest BCUT2D eigenvalue weighted by Gasteiger charge is -2.19. The van der Waals surface area contributed by atoms with Gasteiger partial charge < -0.3 is 10.4 Å². The third-order valence-electron chi connectivity index (χ3n) is 4.31. The van der Waals surface area contributed by atoms with Crippen molar-refractivity contribution in [3.63, 3.8) is 0 Å². The van der Waals surface area contributed by atoms with Gasteiger partial charge in [0.1, 0.15) is 5.69 Å². The number of anilines is 1. The predicted molar refractivity (Wildman–Crippen MR) is 80.4 cm³/mol. The summed E-state index contributed by atoms with van der Waals surface area (Å²) in [5, 5.41) is 28.1. The number of nitro groups is 1. The van der Waals surface area contributed by atoms with Crippen molar-refractivity contribution in [2.45, 2.75) is 46.1 Å². The van der Waals surface area contributed by atoms with Crippen LogP contribution in [0.4, 0.5) is 11.5 Å². The van der Waals surface area contributed by atoms with Crippen LogP contribution >= 0.6 is 0 Å². The number of aliphatic hydroxyl groups excluding tert-OH is 1. The molecule has 7 nitrogen and oxygen atoms in total. The van der Waals surface area contributed by atoms with Crippen LogP contribution in [0.2, 0.25) is 0 Å². The first-order valence-electron chi connectivity index (χ1n) is 7.53. The molecule has 0 saturated heterocycles. The van der Waals surface area contributed by atoms with E-state index in [0.29, 0.717) is 29.9 Å². The third kappa shape index (κ3) is 3.18. The molecule has 0 aliphatic heterocycles. The number of nitrogens with zero attached hydrogens (tertiary/aromatic N) is 3. The lowest BCUT2D eigenvalue weighted by atomic mass is 9.97. The lowest BCUT2D eigenvalue weighted by Crippen LogP contribution is -2.22. The molecule has 21 heavy (non-hydrogen) atoms. The van der Waals surface area contributed by atoms with E-state index in [4.69, 9.17) is 0 Å². The average Bonchev–Trinajstić information content (AvgIpc) is 2.99. The zero-order valence-electron chi connectivity index (χ0n) is 12.9. The highest BCUT2D eigenvalue weighted by Crippen LogP contribution is 2.34. The van der Waals surface area contributed by atoms with E-state index >= 15 is 0 Å². The summed E-state index contributed by atoms with van der Waals surface area (Å²) >= 11 is 0. The maximum atomic E-state index is 11.3. The van der Waals surface area contributed by atoms with E-state index in [1.807, 2.05) is 13.8 Å². The van der Waals surface area contributed by atoms with Crippen molar-refractivity contribution in [1.82, 2.24) is 9.78 Å². The summed E-state index contributed by atoms with van der Waals surface area (Å²) in [4.78, 5) is 10.9. The molecule has 1 aliphatic carbocycles. The molecule has 1 fully saturated rings. The molecule has 2 N–H and O–H groups in total. The van der Waals surface area contributed by atoms with Gasteiger partial charge in [-0.25, -0.2) is 4.68 Å². The molecule has 1 aromatic heterocycles. The standard InChI is InChI=1S/C14H24N4O3/c1-9(2)17-14(13(18(20)21)10(3)16-17)15-7-11-5-4-6-12(11)8-19/h9,11-12,15,19H,4-8H2,1-3H3. The lowest BCUT2D eigenvalue weighted by molar-refractivity contribution is -0.384. The van der Waals surface area contributed by atoms with Gasteiger partial charge in [-0.1, -0.05) is 6.42 Å². The van der Waals surface area contributed by atoms with Crippen molar-refractivity contribution in [2.75, 3.05) is 18.5 Å². The van der Waals surface area contributed by atoms with Gasteiger partial charge in [-0.2, -0.15) is 5.10 Å². The highest BCUT2D eigenvalue weighted by Gasteiger charge is 2.30. The first-order chi connectivity index (χ1) is 9.95. The second kappa shape index (κ2) is 6.43. The highest BCUT2D eigenvalue weighted by molar-refractivity contribution is 5.59. The van der Waals surface area contributed by atoms with Crippen LogP contribution in [0.25, 0.3) is 0 Å². The molecular formula is C14H24N4O3. The molecule has 0 bridgehead atoms. The van der Waals surface area contributed by atoms with Crippen LogP contribution in [0, 0.1) is 28.9 Å². The molecule has 1 aliphatic rings. The Morgan fingerprint density at radius 1 is 1.48 bits per heavy atom. The minimum Gasteiger partial charge on any atom is -0.396 e. The molecule has 2 unspecified atom stereocenters. The van der Waals surface area contributed by atoms with Gasteiger partial charge in [0, 0.05) is 19.2 Å². The van der Waals surface area contributed by atoms with Gasteiger partial charge >= 0.3 is 5.69 Å². The Morgan fingerprint density at radius 3 is 2.71 bits per heavy atom. The molecule has 118 valence electrons. The second-order valence-corrected chi connectivity index (χ2v) is 6.09. The Kier molecular flexibility index (Phi) is 4.82. The van der Waals surface area contributed by atoms with E-state index in [9.17, 15) is 15.2 Å². The van der Waals surface area contributed by atoms with Crippen molar-refractivity contribution >= 4 is 11.5 Å². The van der Waals surface area contributed by atoms with Gasteiger partial charge in [0.25, 0.3) is 0 Å². The smallest absolute Gasteiger partial charge is 0.333 e. The van der Waals surface area contributed by atoms with Crippen LogP contribution < -0.4 is 5.32 Å². The maximum absolute atomic E-state index is 11.3. The molecule has 1 aromatic rings. The number of aromatic nitrogens is 2. The highest BCUT2D eigenvalue weighted by atomic mass is 16.6. The van der Waals surface area contributed by atoms with Gasteiger partial charge in [0.05, 0.1) is 4.92 Å². The SMILES string of the molecule is Cc1nn(C(C)C)c(NCC2CCCC2CO)c1[N+](=O)[O-]. The monoisotopic (exact) mass is 296 g/mol. The van der Waals surface area contributed by atoms with Gasteiger partial charge in [0.15, 0.2) is 0 Å². The minimum atomic E-state index is -0.373. The van der Waals surface area contributed by atoms with Crippen LogP contribution in [0.15, 0.2) is 0 Å². The van der Waals surface area contributed by atoms with E-state index in [1.165, 1.54) is 0 Å². The molecule has 0 amide bonds. The number of aryl methyl sites for hydroxylation is 1. The van der Waals surface area contributed by atoms with Gasteiger partial charge in [-0.05, 0) is 45.4 Å². The molecule has 2 rings (SSSR count). The zero-order chi connectivity index (χ0) is 15.6. The second-order valence-electron chi connectivity index (χ2n) is 6.09. The van der Waals surface area contributed by atoms with Crippen molar-refractivity contribution < 1.29 is 10.0 Å². The number of rotatable bonds is 6. The van der Waals surface area contributed by atoms with Gasteiger partial charge in [0.2, 0.25) is 5.82 Å². The normalized spacial score (nSPS) is 22.0. The zero-order valence-corrected chi connectivity index (χ0v) is 12.9. The van der Waals surface area contributed by atoms with Crippen molar-refractivity contribution in [3.05, 3.63) is 15.8 Å². The number of aliphatic hydroxyl groups is 1. The summed E-state index contributed by atoms with van der Waals surface area (Å²) in [6, 6.07) is 0.0529. The molecule has 7 heteroatoms. The summed E-state index contributed by atoms with van der Waals surface area (Å²) in [6.45, 7) is 6.40. The molecule has 0 radical (unpaired) electrons. The number of nitrogens with one attached hydrogen (secondary N) is 1. The van der Waals surface area contributed by atoms with Crippen molar-refractivity contribution in [2.24, 2.45) is 11.8 Å². The largest absolute Gasteiger partial charge is 0.396 e. The third-order valence-corrected chi connectivity index (χ3v) is 4.31. The summed E-state index contributed by atoms with van der Waals surface area (Å²) < 4.78 is 1.68. The minimum absolute atomic E-state index is 0.0529. The Bertz CT molecular complexity index is 513. The van der Waals surface area contributed by atoms with Crippen molar-refractivity contribution in [3.8, 4) is 0 Å². The summed E-state index contributed by atoms with van der Waals surface area (Å²) in [5.41, 5.74) is 0.489. The average molecular weight is 296 g/mol. The molecule has 0 spiro atoms. The van der Waals surface area contributed by atoms with Crippen LogP contribution in [0.5, 0.6) is 0 Å². The topological polar surface area (TPSA) is 93.2 Å². The van der Waals surface area contributed by atoms with E-state index in [-0.39, 0.29) is 23.3 Å². The molecule has 1 saturated carbocycles. The molecular weight excluding hydrogens is 272 g/mol. The van der Waals surface area contributed by atoms with Gasteiger partial charge in [-0.15, -0.1) is 0 Å². The van der Waals surface area contributed by atoms with Gasteiger partial charge in [-0.3, -0.25) is 10.1 Å². The van der Waals surface area contributed by atoms with Crippen LogP contribution in [0.1, 0.15) is 44.8 Å². The van der Waals surface area contributed by atoms with E-state index < -0.39 is 0 Å². The van der Waals surface area contributed by atoms with Crippen LogP contribution in [0.3, 0.4) is 0 Å². The molecule has 2 atom stereocenters. The summed E-state index contributed by atoms with van der Waals surface area (Å²) in [5.74, 6) is 1.15. The fourth-order valence-corrected chi connectivity index (χ4v) is 3.15. The maximum Gasteiger partial charge on any atom is 0.333 e. The number of hydrogen-bond acceptors (Lipinski definition) is 5.